The molecule has 5 nitrogen and oxygen atoms in total. The number of carbonyl (C=O) groups is 1. The average Bonchev–Trinajstić information content (AvgIpc) is 2.29. The van der Waals surface area contributed by atoms with E-state index in [1.54, 1.807) is 4.90 Å². The standard InChI is InChI=1S/C12H25N3O2/c1-5-17-10(8-13)9-15-7-6-14(4)11(16)12(15,2)3/h10H,5-9,13H2,1-4H3. The minimum Gasteiger partial charge on any atom is -0.376 e. The molecule has 0 aromatic carbocycles. The van der Waals surface area contributed by atoms with E-state index in [1.807, 2.05) is 27.8 Å². The Morgan fingerprint density at radius 2 is 2.12 bits per heavy atom. The number of ether oxygens (including phenoxy) is 1. The number of likely N-dealkylation sites (N-methyl/N-ethyl adjacent to an activating group) is 1. The van der Waals surface area contributed by atoms with Gasteiger partial charge in [0.05, 0.1) is 11.6 Å². The largest absolute Gasteiger partial charge is 0.376 e. The third-order valence-corrected chi connectivity index (χ3v) is 3.46. The highest BCUT2D eigenvalue weighted by Gasteiger charge is 2.40. The van der Waals surface area contributed by atoms with Crippen LogP contribution in [0.1, 0.15) is 20.8 Å². The van der Waals surface area contributed by atoms with Crippen molar-refractivity contribution >= 4 is 5.91 Å². The zero-order chi connectivity index (χ0) is 13.1. The molecule has 0 saturated carbocycles. The van der Waals surface area contributed by atoms with Crippen LogP contribution in [0.4, 0.5) is 0 Å². The first-order valence-corrected chi connectivity index (χ1v) is 6.25. The van der Waals surface area contributed by atoms with Crippen LogP contribution in [0.25, 0.3) is 0 Å². The fraction of sp³-hybridized carbons (Fsp3) is 0.917. The van der Waals surface area contributed by atoms with Gasteiger partial charge >= 0.3 is 0 Å². The van der Waals surface area contributed by atoms with E-state index in [4.69, 9.17) is 10.5 Å². The molecule has 0 bridgehead atoms. The van der Waals surface area contributed by atoms with Crippen LogP contribution < -0.4 is 5.73 Å². The number of carbonyl (C=O) groups excluding carboxylic acids is 1. The lowest BCUT2D eigenvalue weighted by Crippen LogP contribution is -2.63. The van der Waals surface area contributed by atoms with Crippen LogP contribution in [0.3, 0.4) is 0 Å². The highest BCUT2D eigenvalue weighted by Crippen LogP contribution is 2.21. The monoisotopic (exact) mass is 243 g/mol. The molecule has 1 saturated heterocycles. The summed E-state index contributed by atoms with van der Waals surface area (Å²) in [7, 11) is 1.85. The van der Waals surface area contributed by atoms with E-state index in [9.17, 15) is 4.79 Å². The van der Waals surface area contributed by atoms with Crippen molar-refractivity contribution in [1.29, 1.82) is 0 Å². The zero-order valence-electron chi connectivity index (χ0n) is 11.4. The molecule has 1 atom stereocenters. The summed E-state index contributed by atoms with van der Waals surface area (Å²) in [5, 5.41) is 0. The number of nitrogens with two attached hydrogens (primary N) is 1. The molecule has 1 amide bonds. The molecule has 1 unspecified atom stereocenters. The van der Waals surface area contributed by atoms with Crippen LogP contribution in [0.5, 0.6) is 0 Å². The summed E-state index contributed by atoms with van der Waals surface area (Å²) in [6.45, 7) is 9.40. The van der Waals surface area contributed by atoms with E-state index >= 15 is 0 Å². The van der Waals surface area contributed by atoms with Crippen molar-refractivity contribution < 1.29 is 9.53 Å². The van der Waals surface area contributed by atoms with E-state index in [0.717, 1.165) is 19.6 Å². The SMILES string of the molecule is CCOC(CN)CN1CCN(C)C(=O)C1(C)C. The van der Waals surface area contributed by atoms with Gasteiger partial charge in [0.15, 0.2) is 0 Å². The molecule has 0 aliphatic carbocycles. The second-order valence-electron chi connectivity index (χ2n) is 5.04. The Morgan fingerprint density at radius 3 is 2.65 bits per heavy atom. The molecular weight excluding hydrogens is 218 g/mol. The van der Waals surface area contributed by atoms with Gasteiger partial charge in [0.25, 0.3) is 0 Å². The number of rotatable bonds is 5. The molecule has 0 spiro atoms. The Hall–Kier alpha value is -0.650. The number of amides is 1. The van der Waals surface area contributed by atoms with Gasteiger partial charge in [-0.3, -0.25) is 9.69 Å². The normalized spacial score (nSPS) is 22.9. The Balaban J connectivity index is 2.67. The smallest absolute Gasteiger partial charge is 0.242 e. The average molecular weight is 243 g/mol. The number of hydrogen-bond donors (Lipinski definition) is 1. The van der Waals surface area contributed by atoms with Gasteiger partial charge in [0.1, 0.15) is 0 Å². The fourth-order valence-corrected chi connectivity index (χ4v) is 2.25. The first kappa shape index (κ1) is 14.4. The molecule has 1 heterocycles. The molecular formula is C12H25N3O2. The predicted octanol–water partition coefficient (Wildman–Crippen LogP) is -0.0972. The molecule has 1 rings (SSSR count). The third-order valence-electron chi connectivity index (χ3n) is 3.46. The lowest BCUT2D eigenvalue weighted by molar-refractivity contribution is -0.148. The van der Waals surface area contributed by atoms with Gasteiger partial charge in [-0.15, -0.1) is 0 Å². The van der Waals surface area contributed by atoms with Gasteiger partial charge in [-0.1, -0.05) is 0 Å². The Labute approximate surface area is 104 Å². The zero-order valence-corrected chi connectivity index (χ0v) is 11.4. The molecule has 17 heavy (non-hydrogen) atoms. The number of hydrogen-bond acceptors (Lipinski definition) is 4. The molecule has 0 aromatic heterocycles. The topological polar surface area (TPSA) is 58.8 Å². The van der Waals surface area contributed by atoms with Crippen molar-refractivity contribution in [3.8, 4) is 0 Å². The maximum Gasteiger partial charge on any atom is 0.242 e. The lowest BCUT2D eigenvalue weighted by atomic mass is 9.97. The third kappa shape index (κ3) is 3.18. The van der Waals surface area contributed by atoms with Crippen molar-refractivity contribution in [3.63, 3.8) is 0 Å². The summed E-state index contributed by atoms with van der Waals surface area (Å²) in [4.78, 5) is 16.1. The van der Waals surface area contributed by atoms with Crippen molar-refractivity contribution in [2.75, 3.05) is 39.8 Å². The van der Waals surface area contributed by atoms with Crippen molar-refractivity contribution in [2.45, 2.75) is 32.4 Å². The van der Waals surface area contributed by atoms with E-state index in [0.29, 0.717) is 13.2 Å². The molecule has 0 aromatic rings. The van der Waals surface area contributed by atoms with Gasteiger partial charge in [-0.25, -0.2) is 0 Å². The van der Waals surface area contributed by atoms with E-state index in [2.05, 4.69) is 4.90 Å². The molecule has 100 valence electrons. The summed E-state index contributed by atoms with van der Waals surface area (Å²) in [6, 6.07) is 0. The Bertz CT molecular complexity index is 268. The van der Waals surface area contributed by atoms with Gasteiger partial charge in [-0.05, 0) is 20.8 Å². The van der Waals surface area contributed by atoms with Crippen molar-refractivity contribution in [2.24, 2.45) is 5.73 Å². The summed E-state index contributed by atoms with van der Waals surface area (Å²) < 4.78 is 5.56. The van der Waals surface area contributed by atoms with E-state index in [-0.39, 0.29) is 12.0 Å². The summed E-state index contributed by atoms with van der Waals surface area (Å²) in [5.41, 5.74) is 5.22. The Kier molecular flexibility index (Phi) is 4.91. The summed E-state index contributed by atoms with van der Waals surface area (Å²) in [5.74, 6) is 0.163. The minimum absolute atomic E-state index is 0.00970. The van der Waals surface area contributed by atoms with Crippen LogP contribution in [-0.4, -0.2) is 67.2 Å². The van der Waals surface area contributed by atoms with Crippen LogP contribution >= 0.6 is 0 Å². The molecule has 2 N–H and O–H groups in total. The fourth-order valence-electron chi connectivity index (χ4n) is 2.25. The van der Waals surface area contributed by atoms with Gasteiger partial charge in [0, 0.05) is 39.8 Å². The van der Waals surface area contributed by atoms with Crippen molar-refractivity contribution in [3.05, 3.63) is 0 Å². The highest BCUT2D eigenvalue weighted by atomic mass is 16.5. The predicted molar refractivity (Wildman–Crippen MR) is 67.8 cm³/mol. The summed E-state index contributed by atoms with van der Waals surface area (Å²) >= 11 is 0. The summed E-state index contributed by atoms with van der Waals surface area (Å²) in [6.07, 6.45) is 0.00970. The van der Waals surface area contributed by atoms with Gasteiger partial charge in [-0.2, -0.15) is 0 Å². The molecule has 1 aliphatic heterocycles. The van der Waals surface area contributed by atoms with Crippen LogP contribution in [0, 0.1) is 0 Å². The van der Waals surface area contributed by atoms with Crippen LogP contribution in [-0.2, 0) is 9.53 Å². The highest BCUT2D eigenvalue weighted by molar-refractivity contribution is 5.86. The maximum absolute atomic E-state index is 12.1. The second kappa shape index (κ2) is 5.80. The first-order chi connectivity index (χ1) is 7.93. The lowest BCUT2D eigenvalue weighted by Gasteiger charge is -2.45. The van der Waals surface area contributed by atoms with Crippen molar-refractivity contribution in [1.82, 2.24) is 9.80 Å². The second-order valence-corrected chi connectivity index (χ2v) is 5.04. The van der Waals surface area contributed by atoms with E-state index in [1.165, 1.54) is 0 Å². The Morgan fingerprint density at radius 1 is 1.47 bits per heavy atom. The molecule has 1 aliphatic rings. The first-order valence-electron chi connectivity index (χ1n) is 6.25. The van der Waals surface area contributed by atoms with E-state index < -0.39 is 5.54 Å². The number of nitrogens with zero attached hydrogens (tertiary/aromatic N) is 2. The maximum atomic E-state index is 12.1. The van der Waals surface area contributed by atoms with Crippen LogP contribution in [0.15, 0.2) is 0 Å². The van der Waals surface area contributed by atoms with Gasteiger partial charge in [0.2, 0.25) is 5.91 Å². The quantitative estimate of drug-likeness (QED) is 0.733. The molecule has 5 heteroatoms. The van der Waals surface area contributed by atoms with Crippen LogP contribution in [0.2, 0.25) is 0 Å². The minimum atomic E-state index is -0.461. The molecule has 0 radical (unpaired) electrons. The number of piperazine rings is 1. The van der Waals surface area contributed by atoms with Gasteiger partial charge < -0.3 is 15.4 Å². The molecule has 1 fully saturated rings.